The summed E-state index contributed by atoms with van der Waals surface area (Å²) < 4.78 is 4.84. The number of hydrogen-bond donors (Lipinski definition) is 1. The van der Waals surface area contributed by atoms with Crippen LogP contribution in [0.25, 0.3) is 0 Å². The minimum Gasteiger partial charge on any atom is -0.472 e. The van der Waals surface area contributed by atoms with Gasteiger partial charge in [-0.05, 0) is 18.2 Å². The third kappa shape index (κ3) is 2.54. The molecule has 16 heavy (non-hydrogen) atoms. The molecule has 5 heteroatoms. The molecule has 2 aromatic heterocycles. The summed E-state index contributed by atoms with van der Waals surface area (Å²) in [5, 5.41) is 3.79. The number of nitrogens with zero attached hydrogens (tertiary/aromatic N) is 2. The van der Waals surface area contributed by atoms with Crippen LogP contribution in [0.4, 0.5) is 0 Å². The number of nitrogens with one attached hydrogen (secondary N) is 1. The number of pyridine rings is 1. The van der Waals surface area contributed by atoms with Gasteiger partial charge in [0.25, 0.3) is 5.91 Å². The molecule has 0 atom stereocenters. The smallest absolute Gasteiger partial charge is 0.271 e. The fraction of sp³-hybridized carbons (Fsp3) is 0. The van der Waals surface area contributed by atoms with Crippen molar-refractivity contribution in [2.75, 3.05) is 0 Å². The van der Waals surface area contributed by atoms with Crippen LogP contribution in [0.15, 0.2) is 52.6 Å². The Morgan fingerprint density at radius 2 is 2.19 bits per heavy atom. The number of amides is 1. The molecule has 0 radical (unpaired) electrons. The minimum atomic E-state index is -0.276. The van der Waals surface area contributed by atoms with E-state index in [0.717, 1.165) is 5.56 Å². The zero-order valence-corrected chi connectivity index (χ0v) is 8.33. The molecule has 0 aliphatic rings. The average Bonchev–Trinajstić information content (AvgIpc) is 2.83. The van der Waals surface area contributed by atoms with Gasteiger partial charge >= 0.3 is 0 Å². The molecule has 80 valence electrons. The van der Waals surface area contributed by atoms with Gasteiger partial charge in [0, 0.05) is 23.5 Å². The lowest BCUT2D eigenvalue weighted by Crippen LogP contribution is -2.17. The van der Waals surface area contributed by atoms with Gasteiger partial charge < -0.3 is 4.42 Å². The van der Waals surface area contributed by atoms with Gasteiger partial charge in [0.15, 0.2) is 0 Å². The van der Waals surface area contributed by atoms with Gasteiger partial charge in [-0.3, -0.25) is 9.78 Å². The van der Waals surface area contributed by atoms with Crippen molar-refractivity contribution in [1.29, 1.82) is 0 Å². The zero-order valence-electron chi connectivity index (χ0n) is 8.33. The van der Waals surface area contributed by atoms with Gasteiger partial charge in [-0.15, -0.1) is 0 Å². The molecular weight excluding hydrogens is 206 g/mol. The number of carbonyl (C=O) groups excluding carboxylic acids is 1. The van der Waals surface area contributed by atoms with Crippen LogP contribution in [0, 0.1) is 0 Å². The van der Waals surface area contributed by atoms with Crippen LogP contribution in [0.5, 0.6) is 0 Å². The van der Waals surface area contributed by atoms with Crippen LogP contribution < -0.4 is 5.43 Å². The standard InChI is InChI=1S/C11H9N3O2/c15-11(10-1-4-12-5-2-10)14-13-7-9-3-6-16-8-9/h1-8H,(H,14,15)/b13-7-. The first-order valence-corrected chi connectivity index (χ1v) is 4.62. The van der Waals surface area contributed by atoms with E-state index in [1.807, 2.05) is 0 Å². The van der Waals surface area contributed by atoms with Gasteiger partial charge in [-0.2, -0.15) is 5.10 Å². The summed E-state index contributed by atoms with van der Waals surface area (Å²) in [6.07, 6.45) is 7.67. The van der Waals surface area contributed by atoms with Gasteiger partial charge in [0.1, 0.15) is 0 Å². The number of carbonyl (C=O) groups is 1. The maximum absolute atomic E-state index is 11.5. The largest absolute Gasteiger partial charge is 0.472 e. The molecule has 2 heterocycles. The zero-order chi connectivity index (χ0) is 11.2. The van der Waals surface area contributed by atoms with E-state index in [1.54, 1.807) is 30.6 Å². The van der Waals surface area contributed by atoms with E-state index in [-0.39, 0.29) is 5.91 Å². The lowest BCUT2D eigenvalue weighted by Gasteiger charge is -1.97. The number of furan rings is 1. The highest BCUT2D eigenvalue weighted by Crippen LogP contribution is 1.96. The molecule has 1 amide bonds. The van der Waals surface area contributed by atoms with E-state index in [9.17, 15) is 4.79 Å². The van der Waals surface area contributed by atoms with Crippen molar-refractivity contribution in [1.82, 2.24) is 10.4 Å². The summed E-state index contributed by atoms with van der Waals surface area (Å²) >= 11 is 0. The molecule has 5 nitrogen and oxygen atoms in total. The maximum Gasteiger partial charge on any atom is 0.271 e. The van der Waals surface area contributed by atoms with Gasteiger partial charge in [-0.25, -0.2) is 5.43 Å². The Labute approximate surface area is 91.8 Å². The van der Waals surface area contributed by atoms with Crippen molar-refractivity contribution in [3.8, 4) is 0 Å². The Kier molecular flexibility index (Phi) is 3.08. The van der Waals surface area contributed by atoms with Crippen LogP contribution in [-0.4, -0.2) is 17.1 Å². The highest BCUT2D eigenvalue weighted by atomic mass is 16.3. The van der Waals surface area contributed by atoms with E-state index >= 15 is 0 Å². The van der Waals surface area contributed by atoms with Gasteiger partial charge in [-0.1, -0.05) is 0 Å². The summed E-state index contributed by atoms with van der Waals surface area (Å²) in [5.41, 5.74) is 3.70. The van der Waals surface area contributed by atoms with Crippen LogP contribution in [-0.2, 0) is 0 Å². The van der Waals surface area contributed by atoms with E-state index in [4.69, 9.17) is 4.42 Å². The van der Waals surface area contributed by atoms with Crippen molar-refractivity contribution in [3.05, 3.63) is 54.2 Å². The molecule has 0 unspecified atom stereocenters. The maximum atomic E-state index is 11.5. The molecule has 0 aromatic carbocycles. The molecular formula is C11H9N3O2. The lowest BCUT2D eigenvalue weighted by atomic mass is 10.3. The van der Waals surface area contributed by atoms with Crippen molar-refractivity contribution in [3.63, 3.8) is 0 Å². The first-order valence-electron chi connectivity index (χ1n) is 4.62. The Bertz CT molecular complexity index is 477. The molecule has 0 saturated carbocycles. The van der Waals surface area contributed by atoms with Crippen molar-refractivity contribution < 1.29 is 9.21 Å². The second-order valence-electron chi connectivity index (χ2n) is 2.99. The Hall–Kier alpha value is -2.43. The lowest BCUT2D eigenvalue weighted by molar-refractivity contribution is 0.0955. The first kappa shape index (κ1) is 10.1. The second kappa shape index (κ2) is 4.88. The molecule has 0 aliphatic heterocycles. The number of hydrogen-bond acceptors (Lipinski definition) is 4. The predicted octanol–water partition coefficient (Wildman–Crippen LogP) is 1.44. The Morgan fingerprint density at radius 1 is 1.38 bits per heavy atom. The highest BCUT2D eigenvalue weighted by Gasteiger charge is 2.01. The summed E-state index contributed by atoms with van der Waals surface area (Å²) in [7, 11) is 0. The molecule has 0 aliphatic carbocycles. The fourth-order valence-electron chi connectivity index (χ4n) is 1.08. The Morgan fingerprint density at radius 3 is 2.88 bits per heavy atom. The second-order valence-corrected chi connectivity index (χ2v) is 2.99. The third-order valence-corrected chi connectivity index (χ3v) is 1.87. The SMILES string of the molecule is O=C(N/N=C\c1ccoc1)c1ccncc1. The molecule has 0 spiro atoms. The summed E-state index contributed by atoms with van der Waals surface area (Å²) in [5.74, 6) is -0.276. The third-order valence-electron chi connectivity index (χ3n) is 1.87. The van der Waals surface area contributed by atoms with Crippen molar-refractivity contribution in [2.45, 2.75) is 0 Å². The average molecular weight is 215 g/mol. The van der Waals surface area contributed by atoms with Crippen molar-refractivity contribution >= 4 is 12.1 Å². The van der Waals surface area contributed by atoms with E-state index < -0.39 is 0 Å². The van der Waals surface area contributed by atoms with Crippen molar-refractivity contribution in [2.24, 2.45) is 5.10 Å². The monoisotopic (exact) mass is 215 g/mol. The van der Waals surface area contributed by atoms with E-state index in [0.29, 0.717) is 5.56 Å². The summed E-state index contributed by atoms with van der Waals surface area (Å²) in [4.78, 5) is 15.3. The summed E-state index contributed by atoms with van der Waals surface area (Å²) in [6, 6.07) is 4.97. The highest BCUT2D eigenvalue weighted by molar-refractivity contribution is 5.94. The Balaban J connectivity index is 1.94. The number of hydrazone groups is 1. The van der Waals surface area contributed by atoms with Crippen LogP contribution in [0.2, 0.25) is 0 Å². The molecule has 1 N–H and O–H groups in total. The molecule has 0 fully saturated rings. The molecule has 2 rings (SSSR count). The number of rotatable bonds is 3. The van der Waals surface area contributed by atoms with Gasteiger partial charge in [0.05, 0.1) is 18.7 Å². The van der Waals surface area contributed by atoms with Crippen LogP contribution in [0.1, 0.15) is 15.9 Å². The summed E-state index contributed by atoms with van der Waals surface area (Å²) in [6.45, 7) is 0. The van der Waals surface area contributed by atoms with E-state index in [1.165, 1.54) is 18.7 Å². The predicted molar refractivity (Wildman–Crippen MR) is 58.0 cm³/mol. The first-order chi connectivity index (χ1) is 7.86. The molecule has 0 saturated heterocycles. The minimum absolute atomic E-state index is 0.276. The number of aromatic nitrogens is 1. The van der Waals surface area contributed by atoms with E-state index in [2.05, 4.69) is 15.5 Å². The van der Waals surface area contributed by atoms with Crippen LogP contribution >= 0.6 is 0 Å². The fourth-order valence-corrected chi connectivity index (χ4v) is 1.08. The normalized spacial score (nSPS) is 10.5. The molecule has 2 aromatic rings. The van der Waals surface area contributed by atoms with Gasteiger partial charge in [0.2, 0.25) is 0 Å². The topological polar surface area (TPSA) is 67.5 Å². The molecule has 0 bridgehead atoms. The quantitative estimate of drug-likeness (QED) is 0.622. The van der Waals surface area contributed by atoms with Crippen LogP contribution in [0.3, 0.4) is 0 Å².